The van der Waals surface area contributed by atoms with Crippen molar-refractivity contribution < 1.29 is 9.90 Å². The Hall–Kier alpha value is -2.21. The minimum atomic E-state index is -0.397. The van der Waals surface area contributed by atoms with Crippen LogP contribution in [-0.4, -0.2) is 32.7 Å². The van der Waals surface area contributed by atoms with Gasteiger partial charge in [-0.2, -0.15) is 5.10 Å². The number of hydrogen-bond donors (Lipinski definition) is 2. The molecule has 0 saturated heterocycles. The second kappa shape index (κ2) is 7.90. The van der Waals surface area contributed by atoms with Crippen LogP contribution in [0.1, 0.15) is 47.4 Å². The van der Waals surface area contributed by atoms with Crippen LogP contribution in [-0.2, 0) is 0 Å². The predicted octanol–water partition coefficient (Wildman–Crippen LogP) is 6.09. The molecule has 2 N–H and O–H groups in total. The fourth-order valence-corrected chi connectivity index (χ4v) is 4.17. The summed E-state index contributed by atoms with van der Waals surface area (Å²) in [6.45, 7) is 2.66. The first kappa shape index (κ1) is 20.1. The second-order valence-corrected chi connectivity index (χ2v) is 8.20. The van der Waals surface area contributed by atoms with E-state index in [4.69, 9.17) is 34.8 Å². The van der Waals surface area contributed by atoms with Gasteiger partial charge in [-0.1, -0.05) is 54.2 Å². The molecule has 1 aromatic heterocycles. The van der Waals surface area contributed by atoms with E-state index < -0.39 is 6.04 Å². The molecule has 8 heteroatoms. The number of phenolic OH excluding ortho intramolecular Hbond substituents is 1. The predicted molar refractivity (Wildman–Crippen MR) is 115 cm³/mol. The van der Waals surface area contributed by atoms with Crippen molar-refractivity contribution >= 4 is 40.7 Å². The minimum Gasteiger partial charge on any atom is -0.507 e. The Morgan fingerprint density at radius 2 is 1.93 bits per heavy atom. The molecule has 1 unspecified atom stereocenters. The van der Waals surface area contributed by atoms with Crippen molar-refractivity contribution in [3.05, 3.63) is 68.3 Å². The van der Waals surface area contributed by atoms with Crippen molar-refractivity contribution in [1.29, 1.82) is 0 Å². The average molecular weight is 451 g/mol. The van der Waals surface area contributed by atoms with Gasteiger partial charge in [-0.25, -0.2) is 0 Å². The Labute approximate surface area is 183 Å². The van der Waals surface area contributed by atoms with E-state index in [9.17, 15) is 9.90 Å². The standard InChI is InChI=1S/C21H18Cl3N3O2/c1-2-3-8-27-20(11-4-6-14(23)15(24)9-11)17-18(25-26-19(17)21(27)29)13-10-12(22)5-7-16(13)28/h4-7,9-10,20,28H,2-3,8H2,1H3,(H,25,26). The van der Waals surface area contributed by atoms with Crippen molar-refractivity contribution in [3.63, 3.8) is 0 Å². The zero-order chi connectivity index (χ0) is 20.7. The summed E-state index contributed by atoms with van der Waals surface area (Å²) in [4.78, 5) is 14.9. The van der Waals surface area contributed by atoms with E-state index >= 15 is 0 Å². The number of carbonyl (C=O) groups excluding carboxylic acids is 1. The van der Waals surface area contributed by atoms with Crippen LogP contribution in [0.15, 0.2) is 36.4 Å². The number of amides is 1. The van der Waals surface area contributed by atoms with Gasteiger partial charge < -0.3 is 10.0 Å². The normalized spacial score (nSPS) is 15.8. The quantitative estimate of drug-likeness (QED) is 0.494. The number of nitrogens with zero attached hydrogens (tertiary/aromatic N) is 2. The summed E-state index contributed by atoms with van der Waals surface area (Å²) in [6.07, 6.45) is 1.81. The molecule has 0 fully saturated rings. The summed E-state index contributed by atoms with van der Waals surface area (Å²) >= 11 is 18.5. The Kier molecular flexibility index (Phi) is 5.47. The van der Waals surface area contributed by atoms with Gasteiger partial charge in [-0.15, -0.1) is 0 Å². The number of halogens is 3. The average Bonchev–Trinajstić information content (AvgIpc) is 3.23. The van der Waals surface area contributed by atoms with Crippen LogP contribution in [0.4, 0.5) is 0 Å². The maximum atomic E-state index is 13.1. The molecule has 0 aliphatic carbocycles. The van der Waals surface area contributed by atoms with Gasteiger partial charge in [0.05, 0.1) is 16.1 Å². The van der Waals surface area contributed by atoms with E-state index in [0.717, 1.165) is 18.4 Å². The Balaban J connectivity index is 1.91. The molecule has 0 radical (unpaired) electrons. The maximum Gasteiger partial charge on any atom is 0.273 e. The third-order valence-corrected chi connectivity index (χ3v) is 6.06. The SMILES string of the molecule is CCCCN1C(=O)c2[nH]nc(-c3cc(Cl)ccc3O)c2C1c1ccc(Cl)c(Cl)c1. The molecule has 150 valence electrons. The molecule has 4 rings (SSSR count). The number of nitrogens with one attached hydrogen (secondary N) is 1. The number of H-pyrrole nitrogens is 1. The first-order valence-electron chi connectivity index (χ1n) is 9.25. The van der Waals surface area contributed by atoms with Gasteiger partial charge >= 0.3 is 0 Å². The summed E-state index contributed by atoms with van der Waals surface area (Å²) in [5.74, 6) is -0.0964. The molecule has 0 spiro atoms. The van der Waals surface area contributed by atoms with Crippen LogP contribution < -0.4 is 0 Å². The third kappa shape index (κ3) is 3.48. The number of aromatic amines is 1. The molecule has 0 bridgehead atoms. The Morgan fingerprint density at radius 1 is 1.14 bits per heavy atom. The van der Waals surface area contributed by atoms with Crippen LogP contribution in [0.3, 0.4) is 0 Å². The number of fused-ring (bicyclic) bond motifs is 1. The molecule has 3 aromatic rings. The Morgan fingerprint density at radius 3 is 2.66 bits per heavy atom. The summed E-state index contributed by atoms with van der Waals surface area (Å²) in [7, 11) is 0. The fourth-order valence-electron chi connectivity index (χ4n) is 3.69. The molecule has 1 amide bonds. The lowest BCUT2D eigenvalue weighted by molar-refractivity contribution is 0.0741. The zero-order valence-corrected chi connectivity index (χ0v) is 17.8. The number of phenols is 1. The number of hydrogen-bond acceptors (Lipinski definition) is 3. The van der Waals surface area contributed by atoms with Gasteiger partial charge in [-0.05, 0) is 42.3 Å². The number of rotatable bonds is 5. The lowest BCUT2D eigenvalue weighted by Crippen LogP contribution is -2.30. The lowest BCUT2D eigenvalue weighted by Gasteiger charge is -2.26. The van der Waals surface area contributed by atoms with Crippen LogP contribution in [0.2, 0.25) is 15.1 Å². The van der Waals surface area contributed by atoms with Gasteiger partial charge in [0.1, 0.15) is 17.1 Å². The summed E-state index contributed by atoms with van der Waals surface area (Å²) < 4.78 is 0. The number of aromatic nitrogens is 2. The minimum absolute atomic E-state index is 0.0380. The first-order valence-corrected chi connectivity index (χ1v) is 10.4. The smallest absolute Gasteiger partial charge is 0.273 e. The number of unbranched alkanes of at least 4 members (excludes halogenated alkanes) is 1. The van der Waals surface area contributed by atoms with Gasteiger partial charge in [0, 0.05) is 22.7 Å². The van der Waals surface area contributed by atoms with Crippen molar-refractivity contribution in [3.8, 4) is 17.0 Å². The monoisotopic (exact) mass is 449 g/mol. The first-order chi connectivity index (χ1) is 13.9. The van der Waals surface area contributed by atoms with Gasteiger partial charge in [0.15, 0.2) is 0 Å². The van der Waals surface area contributed by atoms with Crippen LogP contribution >= 0.6 is 34.8 Å². The highest BCUT2D eigenvalue weighted by molar-refractivity contribution is 6.42. The van der Waals surface area contributed by atoms with Crippen LogP contribution in [0.25, 0.3) is 11.3 Å². The van der Waals surface area contributed by atoms with Crippen molar-refractivity contribution in [2.24, 2.45) is 0 Å². The molecule has 2 aromatic carbocycles. The van der Waals surface area contributed by atoms with Crippen LogP contribution in [0, 0.1) is 0 Å². The highest BCUT2D eigenvalue weighted by Gasteiger charge is 2.42. The molecule has 5 nitrogen and oxygen atoms in total. The highest BCUT2D eigenvalue weighted by atomic mass is 35.5. The van der Waals surface area contributed by atoms with Crippen molar-refractivity contribution in [1.82, 2.24) is 15.1 Å². The molecule has 29 heavy (non-hydrogen) atoms. The molecular formula is C21H18Cl3N3O2. The van der Waals surface area contributed by atoms with Gasteiger partial charge in [0.2, 0.25) is 0 Å². The highest BCUT2D eigenvalue weighted by Crippen LogP contribution is 2.45. The van der Waals surface area contributed by atoms with E-state index in [2.05, 4.69) is 17.1 Å². The molecular weight excluding hydrogens is 433 g/mol. The van der Waals surface area contributed by atoms with E-state index in [1.54, 1.807) is 29.2 Å². The van der Waals surface area contributed by atoms with E-state index in [0.29, 0.717) is 44.1 Å². The summed E-state index contributed by atoms with van der Waals surface area (Å²) in [5, 5.41) is 18.9. The molecule has 1 atom stereocenters. The topological polar surface area (TPSA) is 69.2 Å². The van der Waals surface area contributed by atoms with Gasteiger partial charge in [0.25, 0.3) is 5.91 Å². The van der Waals surface area contributed by atoms with E-state index in [1.165, 1.54) is 6.07 Å². The summed E-state index contributed by atoms with van der Waals surface area (Å²) in [5.41, 5.74) is 2.88. The second-order valence-electron chi connectivity index (χ2n) is 6.95. The summed E-state index contributed by atoms with van der Waals surface area (Å²) in [6, 6.07) is 9.69. The lowest BCUT2D eigenvalue weighted by atomic mass is 9.95. The zero-order valence-electron chi connectivity index (χ0n) is 15.5. The molecule has 2 heterocycles. The number of carbonyl (C=O) groups is 1. The van der Waals surface area contributed by atoms with Crippen molar-refractivity contribution in [2.75, 3.05) is 6.54 Å². The van der Waals surface area contributed by atoms with Crippen molar-refractivity contribution in [2.45, 2.75) is 25.8 Å². The third-order valence-electron chi connectivity index (χ3n) is 5.09. The van der Waals surface area contributed by atoms with Crippen LogP contribution in [0.5, 0.6) is 5.75 Å². The van der Waals surface area contributed by atoms with Gasteiger partial charge in [-0.3, -0.25) is 9.89 Å². The molecule has 1 aliphatic heterocycles. The number of benzene rings is 2. The van der Waals surface area contributed by atoms with E-state index in [1.807, 2.05) is 6.07 Å². The largest absolute Gasteiger partial charge is 0.507 e. The Bertz CT molecular complexity index is 1100. The number of aromatic hydroxyl groups is 1. The maximum absolute atomic E-state index is 13.1. The molecule has 1 aliphatic rings. The molecule has 0 saturated carbocycles. The fraction of sp³-hybridized carbons (Fsp3) is 0.238. The van der Waals surface area contributed by atoms with E-state index in [-0.39, 0.29) is 11.7 Å².